The minimum Gasteiger partial charge on any atom is -0.493 e. The number of rotatable bonds is 7. The van der Waals surface area contributed by atoms with Crippen molar-refractivity contribution in [1.29, 1.82) is 0 Å². The second-order valence-corrected chi connectivity index (χ2v) is 7.37. The summed E-state index contributed by atoms with van der Waals surface area (Å²) in [4.78, 5) is 13.7. The predicted octanol–water partition coefficient (Wildman–Crippen LogP) is 3.63. The monoisotopic (exact) mass is 436 g/mol. The molecule has 2 aromatic carbocycles. The topological polar surface area (TPSA) is 64.8 Å². The molecular formula is C20H22BrFN2O3. The molecule has 0 bridgehead atoms. The van der Waals surface area contributed by atoms with Crippen LogP contribution < -0.4 is 15.2 Å². The number of halogens is 2. The number of benzene rings is 2. The highest BCUT2D eigenvalue weighted by Crippen LogP contribution is 2.38. The van der Waals surface area contributed by atoms with Crippen LogP contribution in [0.2, 0.25) is 0 Å². The van der Waals surface area contributed by atoms with Gasteiger partial charge in [-0.05, 0) is 59.1 Å². The van der Waals surface area contributed by atoms with Gasteiger partial charge in [-0.3, -0.25) is 9.69 Å². The molecule has 2 aromatic rings. The first-order valence-corrected chi connectivity index (χ1v) is 9.55. The Kier molecular flexibility index (Phi) is 6.34. The third kappa shape index (κ3) is 4.59. The maximum atomic E-state index is 13.8. The van der Waals surface area contributed by atoms with Crippen LogP contribution in [0.4, 0.5) is 4.39 Å². The molecule has 1 aliphatic heterocycles. The van der Waals surface area contributed by atoms with Crippen molar-refractivity contribution in [2.45, 2.75) is 32.0 Å². The zero-order valence-electron chi connectivity index (χ0n) is 15.1. The van der Waals surface area contributed by atoms with Crippen LogP contribution in [0.5, 0.6) is 11.5 Å². The van der Waals surface area contributed by atoms with Crippen molar-refractivity contribution in [3.8, 4) is 11.5 Å². The van der Waals surface area contributed by atoms with E-state index >= 15 is 0 Å². The Bertz CT molecular complexity index is 831. The van der Waals surface area contributed by atoms with Gasteiger partial charge in [0.05, 0.1) is 17.6 Å². The quantitative estimate of drug-likeness (QED) is 0.719. The summed E-state index contributed by atoms with van der Waals surface area (Å²) in [6.07, 6.45) is 1.74. The third-order valence-electron chi connectivity index (χ3n) is 4.70. The van der Waals surface area contributed by atoms with Gasteiger partial charge in [-0.25, -0.2) is 4.39 Å². The number of nitrogens with zero attached hydrogens (tertiary/aromatic N) is 1. The second-order valence-electron chi connectivity index (χ2n) is 6.52. The van der Waals surface area contributed by atoms with E-state index in [4.69, 9.17) is 15.2 Å². The smallest absolute Gasteiger partial charge is 0.234 e. The van der Waals surface area contributed by atoms with Gasteiger partial charge in [0.1, 0.15) is 12.4 Å². The Morgan fingerprint density at radius 2 is 2.15 bits per heavy atom. The Morgan fingerprint density at radius 1 is 1.37 bits per heavy atom. The number of primary amides is 1. The average molecular weight is 437 g/mol. The van der Waals surface area contributed by atoms with Gasteiger partial charge in [-0.2, -0.15) is 0 Å². The fourth-order valence-electron chi connectivity index (χ4n) is 3.34. The van der Waals surface area contributed by atoms with Gasteiger partial charge in [0.25, 0.3) is 0 Å². The van der Waals surface area contributed by atoms with Crippen molar-refractivity contribution in [3.63, 3.8) is 0 Å². The van der Waals surface area contributed by atoms with Gasteiger partial charge in [-0.15, -0.1) is 0 Å². The molecule has 1 fully saturated rings. The lowest BCUT2D eigenvalue weighted by molar-refractivity contribution is -0.122. The van der Waals surface area contributed by atoms with Crippen LogP contribution in [0, 0.1) is 5.82 Å². The van der Waals surface area contributed by atoms with Crippen LogP contribution in [-0.2, 0) is 17.9 Å². The molecule has 0 radical (unpaired) electrons. The highest BCUT2D eigenvalue weighted by Gasteiger charge is 2.29. The zero-order valence-corrected chi connectivity index (χ0v) is 16.7. The SMILES string of the molecule is COc1cc(CN2CCC[C@H]2C(N)=O)cc(Br)c1OCc1ccccc1F. The summed E-state index contributed by atoms with van der Waals surface area (Å²) in [6, 6.07) is 10.1. The second kappa shape index (κ2) is 8.71. The van der Waals surface area contributed by atoms with E-state index in [0.29, 0.717) is 28.1 Å². The first-order chi connectivity index (χ1) is 13.0. The molecular weight excluding hydrogens is 415 g/mol. The lowest BCUT2D eigenvalue weighted by atomic mass is 10.1. The molecule has 0 spiro atoms. The van der Waals surface area contributed by atoms with Crippen molar-refractivity contribution in [1.82, 2.24) is 4.90 Å². The van der Waals surface area contributed by atoms with Crippen LogP contribution >= 0.6 is 15.9 Å². The molecule has 1 heterocycles. The van der Waals surface area contributed by atoms with Crippen LogP contribution in [-0.4, -0.2) is 30.5 Å². The van der Waals surface area contributed by atoms with Gasteiger partial charge in [0.15, 0.2) is 11.5 Å². The Balaban J connectivity index is 1.77. The highest BCUT2D eigenvalue weighted by molar-refractivity contribution is 9.10. The molecule has 1 saturated heterocycles. The molecule has 7 heteroatoms. The van der Waals surface area contributed by atoms with Crippen LogP contribution in [0.1, 0.15) is 24.0 Å². The van der Waals surface area contributed by atoms with E-state index < -0.39 is 0 Å². The van der Waals surface area contributed by atoms with E-state index in [9.17, 15) is 9.18 Å². The number of nitrogens with two attached hydrogens (primary N) is 1. The minimum absolute atomic E-state index is 0.0941. The van der Waals surface area contributed by atoms with Gasteiger partial charge in [0.2, 0.25) is 5.91 Å². The first kappa shape index (κ1) is 19.6. The lowest BCUT2D eigenvalue weighted by Crippen LogP contribution is -2.39. The van der Waals surface area contributed by atoms with Crippen LogP contribution in [0.25, 0.3) is 0 Å². The summed E-state index contributed by atoms with van der Waals surface area (Å²) < 4.78 is 25.8. The minimum atomic E-state index is -0.310. The molecule has 1 aliphatic rings. The van der Waals surface area contributed by atoms with Crippen molar-refractivity contribution >= 4 is 21.8 Å². The van der Waals surface area contributed by atoms with E-state index in [1.807, 2.05) is 12.1 Å². The Labute approximate surface area is 166 Å². The number of likely N-dealkylation sites (tertiary alicyclic amines) is 1. The van der Waals surface area contributed by atoms with E-state index in [1.165, 1.54) is 6.07 Å². The van der Waals surface area contributed by atoms with Crippen molar-refractivity contribution in [3.05, 3.63) is 57.8 Å². The van der Waals surface area contributed by atoms with Gasteiger partial charge < -0.3 is 15.2 Å². The summed E-state index contributed by atoms with van der Waals surface area (Å²) >= 11 is 3.52. The van der Waals surface area contributed by atoms with Crippen molar-refractivity contribution < 1.29 is 18.7 Å². The maximum Gasteiger partial charge on any atom is 0.234 e. The number of carbonyl (C=O) groups excluding carboxylic acids is 1. The third-order valence-corrected chi connectivity index (χ3v) is 5.29. The fraction of sp³-hybridized carbons (Fsp3) is 0.350. The lowest BCUT2D eigenvalue weighted by Gasteiger charge is -2.23. The van der Waals surface area contributed by atoms with Crippen molar-refractivity contribution in [2.24, 2.45) is 5.73 Å². The summed E-state index contributed by atoms with van der Waals surface area (Å²) in [6.45, 7) is 1.52. The highest BCUT2D eigenvalue weighted by atomic mass is 79.9. The van der Waals surface area contributed by atoms with E-state index in [1.54, 1.807) is 25.3 Å². The molecule has 0 aliphatic carbocycles. The Morgan fingerprint density at radius 3 is 2.85 bits per heavy atom. The molecule has 0 unspecified atom stereocenters. The molecule has 144 valence electrons. The number of amides is 1. The van der Waals surface area contributed by atoms with E-state index in [0.717, 1.165) is 24.9 Å². The number of hydrogen-bond donors (Lipinski definition) is 1. The summed E-state index contributed by atoms with van der Waals surface area (Å²) in [5.74, 6) is 0.460. The van der Waals surface area contributed by atoms with Gasteiger partial charge in [-0.1, -0.05) is 18.2 Å². The molecule has 1 atom stereocenters. The standard InChI is InChI=1S/C20H22BrFN2O3/c1-26-18-10-13(11-24-8-4-7-17(24)20(23)25)9-15(21)19(18)27-12-14-5-2-3-6-16(14)22/h2-3,5-6,9-10,17H,4,7-8,11-12H2,1H3,(H2,23,25)/t17-/m0/s1. The van der Waals surface area contributed by atoms with E-state index in [-0.39, 0.29) is 24.4 Å². The predicted molar refractivity (Wildman–Crippen MR) is 104 cm³/mol. The molecule has 3 rings (SSSR count). The number of carbonyl (C=O) groups is 1. The largest absolute Gasteiger partial charge is 0.493 e. The summed E-state index contributed by atoms with van der Waals surface area (Å²) in [5.41, 5.74) is 6.94. The fourth-order valence-corrected chi connectivity index (χ4v) is 3.95. The summed E-state index contributed by atoms with van der Waals surface area (Å²) in [7, 11) is 1.56. The Hall–Kier alpha value is -2.12. The molecule has 2 N–H and O–H groups in total. The average Bonchev–Trinajstić information content (AvgIpc) is 3.10. The first-order valence-electron chi connectivity index (χ1n) is 8.75. The summed E-state index contributed by atoms with van der Waals surface area (Å²) in [5, 5.41) is 0. The molecule has 0 saturated carbocycles. The number of hydrogen-bond acceptors (Lipinski definition) is 4. The van der Waals surface area contributed by atoms with Gasteiger partial charge in [0, 0.05) is 12.1 Å². The number of ether oxygens (including phenoxy) is 2. The molecule has 27 heavy (non-hydrogen) atoms. The number of methoxy groups -OCH3 is 1. The maximum absolute atomic E-state index is 13.8. The molecule has 1 amide bonds. The van der Waals surface area contributed by atoms with Gasteiger partial charge >= 0.3 is 0 Å². The van der Waals surface area contributed by atoms with E-state index in [2.05, 4.69) is 20.8 Å². The normalized spacial score (nSPS) is 17.1. The zero-order chi connectivity index (χ0) is 19.4. The van der Waals surface area contributed by atoms with Crippen LogP contribution in [0.15, 0.2) is 40.9 Å². The van der Waals surface area contributed by atoms with Crippen LogP contribution in [0.3, 0.4) is 0 Å². The molecule has 5 nitrogen and oxygen atoms in total. The van der Waals surface area contributed by atoms with Crippen molar-refractivity contribution in [2.75, 3.05) is 13.7 Å². The molecule has 0 aromatic heterocycles.